The number of amides is 1. The lowest BCUT2D eigenvalue weighted by molar-refractivity contribution is -0.855. The van der Waals surface area contributed by atoms with Crippen molar-refractivity contribution in [1.82, 2.24) is 9.97 Å². The molecule has 2 aliphatic carbocycles. The fraction of sp³-hybridized carbons (Fsp3) is 0.537. The molecule has 7 heteroatoms. The van der Waals surface area contributed by atoms with Crippen molar-refractivity contribution in [2.45, 2.75) is 98.4 Å². The smallest absolute Gasteiger partial charge is 0.362 e. The first-order chi connectivity index (χ1) is 23.2. The van der Waals surface area contributed by atoms with Gasteiger partial charge in [-0.3, -0.25) is 0 Å². The summed E-state index contributed by atoms with van der Waals surface area (Å²) in [5, 5.41) is 0. The van der Waals surface area contributed by atoms with E-state index in [0.29, 0.717) is 37.4 Å². The van der Waals surface area contributed by atoms with E-state index in [2.05, 4.69) is 75.9 Å². The van der Waals surface area contributed by atoms with E-state index in [4.69, 9.17) is 20.4 Å². The Morgan fingerprint density at radius 2 is 1.73 bits per heavy atom. The zero-order valence-electron chi connectivity index (χ0n) is 29.9. The normalized spacial score (nSPS) is 23.7. The van der Waals surface area contributed by atoms with Gasteiger partial charge in [0.05, 0.1) is 19.6 Å². The number of anilines is 1. The number of fused-ring (bicyclic) bond motifs is 1. The average molecular weight is 651 g/mol. The molecule has 3 aromatic rings. The fourth-order valence-electron chi connectivity index (χ4n) is 8.38. The molecule has 2 fully saturated rings. The first-order valence-corrected chi connectivity index (χ1v) is 18.5. The van der Waals surface area contributed by atoms with Crippen LogP contribution >= 0.6 is 0 Å². The second-order valence-electron chi connectivity index (χ2n) is 14.8. The number of nitrogens with zero attached hydrogens (tertiary/aromatic N) is 4. The molecule has 1 aliphatic heterocycles. The number of ether oxygens (including phenoxy) is 1. The van der Waals surface area contributed by atoms with E-state index in [-0.39, 0.29) is 16.6 Å². The molecule has 6 rings (SSSR count). The Balaban J connectivity index is 1.18. The van der Waals surface area contributed by atoms with E-state index >= 15 is 0 Å². The molecule has 1 amide bonds. The fourth-order valence-corrected chi connectivity index (χ4v) is 8.38. The summed E-state index contributed by atoms with van der Waals surface area (Å²) in [5.74, 6) is 2.39. The summed E-state index contributed by atoms with van der Waals surface area (Å²) in [7, 11) is 0. The molecule has 1 saturated heterocycles. The summed E-state index contributed by atoms with van der Waals surface area (Å²) in [4.78, 5) is 26.5. The van der Waals surface area contributed by atoms with Gasteiger partial charge in [0.2, 0.25) is 5.88 Å². The van der Waals surface area contributed by atoms with Gasteiger partial charge in [-0.1, -0.05) is 67.3 Å². The number of likely N-dealkylation sites (N-methyl/N-ethyl adjacent to an activating group) is 1. The first-order valence-electron chi connectivity index (χ1n) is 18.5. The minimum atomic E-state index is -0.214. The monoisotopic (exact) mass is 650 g/mol. The third-order valence-corrected chi connectivity index (χ3v) is 11.4. The summed E-state index contributed by atoms with van der Waals surface area (Å²) in [6.07, 6.45) is 12.0. The number of carbonyl (C=O) groups is 1. The molecule has 0 bridgehead atoms. The second kappa shape index (κ2) is 14.9. The lowest BCUT2D eigenvalue weighted by Crippen LogP contribution is -2.63. The maximum Gasteiger partial charge on any atom is 0.522 e. The molecule has 0 radical (unpaired) electrons. The molecular weight excluding hydrogens is 594 g/mol. The van der Waals surface area contributed by atoms with Crippen molar-refractivity contribution in [3.8, 4) is 17.0 Å². The van der Waals surface area contributed by atoms with Gasteiger partial charge in [0.25, 0.3) is 0 Å². The van der Waals surface area contributed by atoms with Crippen LogP contribution in [0.1, 0.15) is 87.4 Å². The van der Waals surface area contributed by atoms with Crippen molar-refractivity contribution in [3.63, 3.8) is 0 Å². The average Bonchev–Trinajstić information content (AvgIpc) is 3.06. The molecule has 3 atom stereocenters. The minimum Gasteiger partial charge on any atom is -0.362 e. The van der Waals surface area contributed by atoms with Crippen LogP contribution in [0.2, 0.25) is 0 Å². The zero-order chi connectivity index (χ0) is 33.8. The number of carbonyl (C=O) groups excluding carboxylic acids is 1. The summed E-state index contributed by atoms with van der Waals surface area (Å²) in [6.45, 7) is 14.2. The zero-order valence-corrected chi connectivity index (χ0v) is 29.9. The van der Waals surface area contributed by atoms with E-state index in [1.165, 1.54) is 59.2 Å². The van der Waals surface area contributed by atoms with Crippen molar-refractivity contribution >= 4 is 11.9 Å². The number of aryl methyl sites for hydroxylation is 3. The number of quaternary nitrogens is 1. The molecule has 1 saturated carbocycles. The number of aromatic nitrogens is 2. The van der Waals surface area contributed by atoms with Gasteiger partial charge in [-0.25, -0.2) is 14.5 Å². The number of nitrogens with two attached hydrogens (primary N) is 1. The molecule has 256 valence electrons. The van der Waals surface area contributed by atoms with Crippen LogP contribution < -0.4 is 15.4 Å². The van der Waals surface area contributed by atoms with Crippen LogP contribution in [0.4, 0.5) is 10.6 Å². The van der Waals surface area contributed by atoms with Crippen LogP contribution in [0.25, 0.3) is 11.1 Å². The largest absolute Gasteiger partial charge is 0.522 e. The van der Waals surface area contributed by atoms with E-state index in [1.54, 1.807) is 0 Å². The second-order valence-corrected chi connectivity index (χ2v) is 14.8. The van der Waals surface area contributed by atoms with Crippen molar-refractivity contribution in [1.29, 1.82) is 0 Å². The Bertz CT molecular complexity index is 1620. The molecule has 2 N–H and O–H groups in total. The number of hydrogen-bond donors (Lipinski definition) is 1. The number of hydrogen-bond acceptors (Lipinski definition) is 6. The number of rotatable bonds is 6. The van der Waals surface area contributed by atoms with E-state index in [1.807, 2.05) is 12.1 Å². The van der Waals surface area contributed by atoms with Gasteiger partial charge >= 0.3 is 6.09 Å². The predicted molar refractivity (Wildman–Crippen MR) is 195 cm³/mol. The highest BCUT2D eigenvalue weighted by Crippen LogP contribution is 2.36. The Morgan fingerprint density at radius 1 is 1.00 bits per heavy atom. The molecule has 48 heavy (non-hydrogen) atoms. The van der Waals surface area contributed by atoms with Crippen LogP contribution in [0.5, 0.6) is 5.88 Å². The van der Waals surface area contributed by atoms with Crippen molar-refractivity contribution in [3.05, 3.63) is 82.2 Å². The molecule has 0 spiro atoms. The summed E-state index contributed by atoms with van der Waals surface area (Å²) in [5.41, 5.74) is 16.5. The maximum atomic E-state index is 13.9. The molecular formula is C41H56N5O2+. The third-order valence-electron chi connectivity index (χ3n) is 11.4. The van der Waals surface area contributed by atoms with Gasteiger partial charge in [0.1, 0.15) is 18.9 Å². The molecule has 7 nitrogen and oxygen atoms in total. The van der Waals surface area contributed by atoms with Crippen LogP contribution in [-0.2, 0) is 19.3 Å². The van der Waals surface area contributed by atoms with E-state index < -0.39 is 0 Å². The number of pyridine rings is 2. The highest BCUT2D eigenvalue weighted by Gasteiger charge is 2.42. The number of allylic oxidation sites excluding steroid dienone is 1. The summed E-state index contributed by atoms with van der Waals surface area (Å²) < 4.78 is 6.39. The highest BCUT2D eigenvalue weighted by atomic mass is 16.6. The lowest BCUT2D eigenvalue weighted by atomic mass is 9.73. The topological polar surface area (TPSA) is 81.3 Å². The van der Waals surface area contributed by atoms with Crippen molar-refractivity contribution in [2.75, 3.05) is 37.6 Å². The Labute approximate surface area is 288 Å². The molecule has 3 aliphatic rings. The van der Waals surface area contributed by atoms with Gasteiger partial charge in [-0.05, 0) is 113 Å². The minimum absolute atomic E-state index is 0.109. The first kappa shape index (κ1) is 34.3. The number of benzene rings is 1. The SMILES string of the molecule is C/C=C1/C(N)CC(C)CC1Cc1nc(OC(=O)[N+]2(CC)CCN(c3cc(-c4ccc(C)cc4)c4c(n3)CCCCCC4)CC2)ccc1C. The van der Waals surface area contributed by atoms with Gasteiger partial charge in [-0.15, -0.1) is 0 Å². The van der Waals surface area contributed by atoms with Crippen LogP contribution in [0.3, 0.4) is 0 Å². The Kier molecular flexibility index (Phi) is 10.7. The standard InChI is InChI=1S/C41H56N5O2/c1-6-33-32(24-29(4)25-36(33)42)26-38-30(5)16-19-40(44-38)48-41(47)46(7-2)22-20-45(21-23-46)39-27-35(31-17-14-28(3)15-18-31)34-12-10-8-9-11-13-37(34)43-39/h6,14-19,27,29,32,36H,7-13,20-26,42H2,1-5H3/q+1/b33-6+. The van der Waals surface area contributed by atoms with E-state index in [9.17, 15) is 4.79 Å². The third kappa shape index (κ3) is 7.37. The molecule has 1 aromatic carbocycles. The summed E-state index contributed by atoms with van der Waals surface area (Å²) in [6, 6.07) is 15.2. The summed E-state index contributed by atoms with van der Waals surface area (Å²) >= 11 is 0. The molecule has 2 aromatic heterocycles. The van der Waals surface area contributed by atoms with Crippen LogP contribution in [0, 0.1) is 25.7 Å². The van der Waals surface area contributed by atoms with Crippen LogP contribution in [0.15, 0.2) is 54.1 Å². The van der Waals surface area contributed by atoms with Crippen LogP contribution in [-0.4, -0.2) is 59.3 Å². The van der Waals surface area contributed by atoms with E-state index in [0.717, 1.165) is 62.3 Å². The maximum absolute atomic E-state index is 13.9. The van der Waals surface area contributed by atoms with Crippen molar-refractivity contribution in [2.24, 2.45) is 17.6 Å². The highest BCUT2D eigenvalue weighted by molar-refractivity contribution is 5.72. The van der Waals surface area contributed by atoms with Gasteiger partial charge in [0, 0.05) is 23.5 Å². The van der Waals surface area contributed by atoms with Crippen molar-refractivity contribution < 1.29 is 14.0 Å². The Hall–Kier alpha value is -3.55. The molecule has 3 unspecified atom stereocenters. The van der Waals surface area contributed by atoms with Gasteiger partial charge < -0.3 is 15.4 Å². The quantitative estimate of drug-likeness (QED) is 0.214. The predicted octanol–water partition coefficient (Wildman–Crippen LogP) is 8.14. The Morgan fingerprint density at radius 3 is 2.44 bits per heavy atom. The number of piperazine rings is 1. The molecule has 3 heterocycles. The van der Waals surface area contributed by atoms with Gasteiger partial charge in [-0.2, -0.15) is 4.79 Å². The van der Waals surface area contributed by atoms with Gasteiger partial charge in [0.15, 0.2) is 0 Å². The lowest BCUT2D eigenvalue weighted by Gasteiger charge is -2.41.